The van der Waals surface area contributed by atoms with Gasteiger partial charge in [0.2, 0.25) is 0 Å². The molecule has 0 fully saturated rings. The Morgan fingerprint density at radius 3 is 2.29 bits per heavy atom. The summed E-state index contributed by atoms with van der Waals surface area (Å²) in [7, 11) is 0. The van der Waals surface area contributed by atoms with Gasteiger partial charge in [-0.15, -0.1) is 0 Å². The Hall–Kier alpha value is -1.31. The molecule has 0 saturated heterocycles. The van der Waals surface area contributed by atoms with E-state index in [4.69, 9.17) is 4.52 Å². The lowest BCUT2D eigenvalue weighted by atomic mass is 10.2. The van der Waals surface area contributed by atoms with Gasteiger partial charge >= 0.3 is 0 Å². The van der Waals surface area contributed by atoms with Gasteiger partial charge in [0.15, 0.2) is 5.58 Å². The molecule has 1 heterocycles. The highest BCUT2D eigenvalue weighted by Crippen LogP contribution is 2.16. The van der Waals surface area contributed by atoms with Crippen molar-refractivity contribution >= 4 is 11.0 Å². The molecule has 2 nitrogen and oxygen atoms in total. The number of hydrogen-bond donors (Lipinski definition) is 0. The van der Waals surface area contributed by atoms with Crippen LogP contribution in [0.5, 0.6) is 0 Å². The topological polar surface area (TPSA) is 26.0 Å². The summed E-state index contributed by atoms with van der Waals surface area (Å²) in [5.41, 5.74) is 2.07. The van der Waals surface area contributed by atoms with E-state index in [2.05, 4.69) is 5.16 Å². The van der Waals surface area contributed by atoms with Crippen molar-refractivity contribution in [3.8, 4) is 0 Å². The SMILES string of the molecule is CC.CC.Cc1cccc2oncc12. The van der Waals surface area contributed by atoms with Crippen LogP contribution in [0.3, 0.4) is 0 Å². The van der Waals surface area contributed by atoms with Gasteiger partial charge in [0.1, 0.15) is 0 Å². The largest absolute Gasteiger partial charge is 0.356 e. The number of aromatic nitrogens is 1. The summed E-state index contributed by atoms with van der Waals surface area (Å²) in [6.07, 6.45) is 1.74. The molecular weight excluding hydrogens is 174 g/mol. The van der Waals surface area contributed by atoms with E-state index >= 15 is 0 Å². The molecule has 0 aliphatic heterocycles. The summed E-state index contributed by atoms with van der Waals surface area (Å²) < 4.78 is 4.95. The first kappa shape index (κ1) is 12.7. The molecule has 0 aliphatic carbocycles. The van der Waals surface area contributed by atoms with E-state index in [0.717, 1.165) is 11.0 Å². The fourth-order valence-corrected chi connectivity index (χ4v) is 1.03. The lowest BCUT2D eigenvalue weighted by Crippen LogP contribution is -1.69. The number of aryl methyl sites for hydroxylation is 1. The van der Waals surface area contributed by atoms with E-state index in [1.165, 1.54) is 5.56 Å². The summed E-state index contributed by atoms with van der Waals surface area (Å²) in [5, 5.41) is 4.79. The van der Waals surface area contributed by atoms with Crippen LogP contribution in [0, 0.1) is 6.92 Å². The van der Waals surface area contributed by atoms with Gasteiger partial charge in [0.05, 0.1) is 6.20 Å². The second-order valence-electron chi connectivity index (χ2n) is 2.31. The molecule has 2 aromatic rings. The number of rotatable bonds is 0. The van der Waals surface area contributed by atoms with E-state index in [1.807, 2.05) is 52.8 Å². The number of hydrogen-bond acceptors (Lipinski definition) is 2. The highest BCUT2D eigenvalue weighted by molar-refractivity contribution is 5.79. The second kappa shape index (κ2) is 7.13. The van der Waals surface area contributed by atoms with Crippen molar-refractivity contribution in [2.75, 3.05) is 0 Å². The van der Waals surface area contributed by atoms with Crippen molar-refractivity contribution in [2.24, 2.45) is 0 Å². The molecule has 1 aromatic heterocycles. The Labute approximate surface area is 85.9 Å². The Morgan fingerprint density at radius 2 is 1.71 bits per heavy atom. The average Bonchev–Trinajstić information content (AvgIpc) is 2.73. The third-order valence-corrected chi connectivity index (χ3v) is 1.62. The van der Waals surface area contributed by atoms with Gasteiger partial charge in [-0.2, -0.15) is 0 Å². The zero-order valence-corrected chi connectivity index (χ0v) is 9.66. The molecule has 2 rings (SSSR count). The van der Waals surface area contributed by atoms with E-state index in [-0.39, 0.29) is 0 Å². The summed E-state index contributed by atoms with van der Waals surface area (Å²) in [4.78, 5) is 0. The molecule has 0 amide bonds. The van der Waals surface area contributed by atoms with E-state index < -0.39 is 0 Å². The molecule has 2 heteroatoms. The summed E-state index contributed by atoms with van der Waals surface area (Å²) in [6, 6.07) is 5.91. The Kier molecular flexibility index (Phi) is 6.46. The third-order valence-electron chi connectivity index (χ3n) is 1.62. The molecule has 1 aromatic carbocycles. The molecule has 0 bridgehead atoms. The van der Waals surface area contributed by atoms with Crippen LogP contribution in [0.1, 0.15) is 33.3 Å². The lowest BCUT2D eigenvalue weighted by molar-refractivity contribution is 0.456. The van der Waals surface area contributed by atoms with Gasteiger partial charge in [0.25, 0.3) is 0 Å². The van der Waals surface area contributed by atoms with Gasteiger partial charge in [-0.1, -0.05) is 45.0 Å². The second-order valence-corrected chi connectivity index (χ2v) is 2.31. The van der Waals surface area contributed by atoms with Crippen LogP contribution in [0.4, 0.5) is 0 Å². The molecular formula is C12H19NO. The minimum atomic E-state index is 0.861. The first-order chi connectivity index (χ1) is 6.88. The fraction of sp³-hybridized carbons (Fsp3) is 0.417. The summed E-state index contributed by atoms with van der Waals surface area (Å²) in [6.45, 7) is 10.0. The Morgan fingerprint density at radius 1 is 1.07 bits per heavy atom. The summed E-state index contributed by atoms with van der Waals surface area (Å²) in [5.74, 6) is 0. The predicted molar refractivity (Wildman–Crippen MR) is 61.4 cm³/mol. The molecule has 0 radical (unpaired) electrons. The summed E-state index contributed by atoms with van der Waals surface area (Å²) >= 11 is 0. The van der Waals surface area contributed by atoms with E-state index in [9.17, 15) is 0 Å². The van der Waals surface area contributed by atoms with Crippen molar-refractivity contribution in [3.63, 3.8) is 0 Å². The normalized spacial score (nSPS) is 8.36. The van der Waals surface area contributed by atoms with Crippen molar-refractivity contribution in [1.82, 2.24) is 5.16 Å². The van der Waals surface area contributed by atoms with Crippen LogP contribution in [-0.2, 0) is 0 Å². The molecule has 14 heavy (non-hydrogen) atoms. The minimum absolute atomic E-state index is 0.861. The van der Waals surface area contributed by atoms with Crippen LogP contribution < -0.4 is 0 Å². The lowest BCUT2D eigenvalue weighted by Gasteiger charge is -1.88. The quantitative estimate of drug-likeness (QED) is 0.627. The molecule has 0 N–H and O–H groups in total. The third kappa shape index (κ3) is 2.87. The highest BCUT2D eigenvalue weighted by Gasteiger charge is 1.97. The zero-order chi connectivity index (χ0) is 11.0. The van der Waals surface area contributed by atoms with Crippen LogP contribution >= 0.6 is 0 Å². The Bertz CT molecular complexity index is 352. The van der Waals surface area contributed by atoms with E-state index in [0.29, 0.717) is 0 Å². The first-order valence-electron chi connectivity index (χ1n) is 5.18. The monoisotopic (exact) mass is 193 g/mol. The maximum atomic E-state index is 4.95. The van der Waals surface area contributed by atoms with Crippen molar-refractivity contribution in [2.45, 2.75) is 34.6 Å². The van der Waals surface area contributed by atoms with Crippen molar-refractivity contribution < 1.29 is 4.52 Å². The molecule has 0 saturated carbocycles. The van der Waals surface area contributed by atoms with Crippen LogP contribution in [-0.4, -0.2) is 5.16 Å². The van der Waals surface area contributed by atoms with Crippen molar-refractivity contribution in [1.29, 1.82) is 0 Å². The molecule has 78 valence electrons. The highest BCUT2D eigenvalue weighted by atomic mass is 16.5. The van der Waals surface area contributed by atoms with Gasteiger partial charge in [-0.3, -0.25) is 0 Å². The first-order valence-corrected chi connectivity index (χ1v) is 5.18. The zero-order valence-electron chi connectivity index (χ0n) is 9.66. The molecule has 0 unspecified atom stereocenters. The smallest absolute Gasteiger partial charge is 0.167 e. The van der Waals surface area contributed by atoms with Gasteiger partial charge in [-0.05, 0) is 18.6 Å². The van der Waals surface area contributed by atoms with Gasteiger partial charge < -0.3 is 4.52 Å². The molecule has 0 aliphatic rings. The predicted octanol–water partition coefficient (Wildman–Crippen LogP) is 4.19. The maximum Gasteiger partial charge on any atom is 0.167 e. The number of fused-ring (bicyclic) bond motifs is 1. The number of benzene rings is 1. The van der Waals surface area contributed by atoms with Crippen molar-refractivity contribution in [3.05, 3.63) is 30.0 Å². The standard InChI is InChI=1S/C8H7NO.2C2H6/c1-6-3-2-4-8-7(6)5-9-10-8;2*1-2/h2-5H,1H3;2*1-2H3. The molecule has 0 spiro atoms. The van der Waals surface area contributed by atoms with Crippen LogP contribution in [0.2, 0.25) is 0 Å². The Balaban J connectivity index is 0.000000379. The van der Waals surface area contributed by atoms with Gasteiger partial charge in [0, 0.05) is 5.39 Å². The average molecular weight is 193 g/mol. The number of nitrogens with zero attached hydrogens (tertiary/aromatic N) is 1. The fourth-order valence-electron chi connectivity index (χ4n) is 1.03. The molecule has 0 atom stereocenters. The maximum absolute atomic E-state index is 4.95. The van der Waals surface area contributed by atoms with E-state index in [1.54, 1.807) is 6.20 Å². The van der Waals surface area contributed by atoms with Crippen LogP contribution in [0.15, 0.2) is 28.9 Å². The minimum Gasteiger partial charge on any atom is -0.356 e. The van der Waals surface area contributed by atoms with Crippen LogP contribution in [0.25, 0.3) is 11.0 Å². The van der Waals surface area contributed by atoms with Gasteiger partial charge in [-0.25, -0.2) is 0 Å².